The third-order valence-corrected chi connectivity index (χ3v) is 7.06. The SMILES string of the molecule is O=C(O)c1cccc(Sc2c(C3CC3)n(-c3cnn(CC(F)(F)F)c3)c3c(F)c(Cl)ccc23)c1F.[Na]. The van der Waals surface area contributed by atoms with Gasteiger partial charge in [0.2, 0.25) is 0 Å². The Morgan fingerprint density at radius 2 is 1.89 bits per heavy atom. The number of hydrogen-bond donors (Lipinski definition) is 1. The number of fused-ring (bicyclic) bond motifs is 1. The zero-order chi connectivity index (χ0) is 25.1. The number of carbonyl (C=O) groups is 1. The van der Waals surface area contributed by atoms with Crippen LogP contribution in [0.25, 0.3) is 16.6 Å². The van der Waals surface area contributed by atoms with Crippen molar-refractivity contribution in [2.45, 2.75) is 41.3 Å². The third kappa shape index (κ3) is 5.04. The molecule has 36 heavy (non-hydrogen) atoms. The Labute approximate surface area is 232 Å². The van der Waals surface area contributed by atoms with E-state index in [2.05, 4.69) is 5.10 Å². The van der Waals surface area contributed by atoms with E-state index in [0.717, 1.165) is 30.7 Å². The molecule has 183 valence electrons. The van der Waals surface area contributed by atoms with E-state index in [-0.39, 0.29) is 56.6 Å². The Hall–Kier alpha value is -2.05. The van der Waals surface area contributed by atoms with Gasteiger partial charge in [-0.15, -0.1) is 0 Å². The summed E-state index contributed by atoms with van der Waals surface area (Å²) in [4.78, 5) is 11.9. The third-order valence-electron chi connectivity index (χ3n) is 5.60. The number of benzene rings is 2. The fourth-order valence-corrected chi connectivity index (χ4v) is 5.36. The molecule has 1 saturated carbocycles. The van der Waals surface area contributed by atoms with Gasteiger partial charge in [-0.05, 0) is 37.1 Å². The van der Waals surface area contributed by atoms with Crippen LogP contribution < -0.4 is 0 Å². The molecule has 0 saturated heterocycles. The number of carboxylic acid groups (broad SMARTS) is 1. The molecule has 0 aliphatic heterocycles. The molecule has 1 N–H and O–H groups in total. The van der Waals surface area contributed by atoms with Crippen molar-refractivity contribution in [2.24, 2.45) is 0 Å². The first-order valence-corrected chi connectivity index (χ1v) is 11.6. The number of nitrogens with zero attached hydrogens (tertiary/aromatic N) is 3. The number of rotatable bonds is 6. The van der Waals surface area contributed by atoms with Crippen LogP contribution in [0.4, 0.5) is 22.0 Å². The van der Waals surface area contributed by atoms with Gasteiger partial charge in [0, 0.05) is 62.5 Å². The minimum atomic E-state index is -4.50. The molecule has 0 spiro atoms. The van der Waals surface area contributed by atoms with Gasteiger partial charge in [0.05, 0.1) is 28.0 Å². The zero-order valence-electron chi connectivity index (χ0n) is 18.6. The van der Waals surface area contributed by atoms with Crippen molar-refractivity contribution >= 4 is 69.8 Å². The quantitative estimate of drug-likeness (QED) is 0.215. The molecule has 1 fully saturated rings. The average molecular weight is 551 g/mol. The molecule has 5 rings (SSSR count). The van der Waals surface area contributed by atoms with Gasteiger partial charge in [0.1, 0.15) is 6.54 Å². The van der Waals surface area contributed by atoms with Crippen molar-refractivity contribution < 1.29 is 31.9 Å². The summed E-state index contributed by atoms with van der Waals surface area (Å²) >= 11 is 6.99. The Kier molecular flexibility index (Phi) is 7.51. The molecule has 1 aliphatic rings. The molecule has 2 heterocycles. The molecule has 2 aromatic heterocycles. The van der Waals surface area contributed by atoms with Gasteiger partial charge >= 0.3 is 12.1 Å². The van der Waals surface area contributed by atoms with E-state index in [0.29, 0.717) is 20.7 Å². The number of aromatic carboxylic acids is 1. The van der Waals surface area contributed by atoms with E-state index in [1.54, 1.807) is 6.07 Å². The van der Waals surface area contributed by atoms with Gasteiger partial charge in [-0.2, -0.15) is 18.3 Å². The Balaban J connectivity index is 0.00000304. The van der Waals surface area contributed by atoms with Crippen LogP contribution in [0.1, 0.15) is 34.8 Å². The summed E-state index contributed by atoms with van der Waals surface area (Å²) in [5, 5.41) is 13.3. The van der Waals surface area contributed by atoms with E-state index in [4.69, 9.17) is 11.6 Å². The van der Waals surface area contributed by atoms with Crippen molar-refractivity contribution in [3.05, 3.63) is 70.6 Å². The van der Waals surface area contributed by atoms with Crippen molar-refractivity contribution in [3.8, 4) is 5.69 Å². The maximum absolute atomic E-state index is 15.4. The van der Waals surface area contributed by atoms with E-state index in [9.17, 15) is 27.5 Å². The van der Waals surface area contributed by atoms with Crippen molar-refractivity contribution in [3.63, 3.8) is 0 Å². The van der Waals surface area contributed by atoms with Crippen LogP contribution in [-0.4, -0.2) is 61.2 Å². The first-order valence-electron chi connectivity index (χ1n) is 10.4. The monoisotopic (exact) mass is 550 g/mol. The normalized spacial score (nSPS) is 13.7. The van der Waals surface area contributed by atoms with E-state index >= 15 is 4.39 Å². The summed E-state index contributed by atoms with van der Waals surface area (Å²) in [6.45, 7) is -1.32. The first kappa shape index (κ1) is 27.0. The number of aromatic nitrogens is 3. The van der Waals surface area contributed by atoms with Crippen molar-refractivity contribution in [1.29, 1.82) is 0 Å². The topological polar surface area (TPSA) is 60.0 Å². The molecule has 0 bridgehead atoms. The molecule has 1 aliphatic carbocycles. The van der Waals surface area contributed by atoms with Crippen molar-refractivity contribution in [1.82, 2.24) is 14.3 Å². The second-order valence-electron chi connectivity index (χ2n) is 8.12. The Morgan fingerprint density at radius 3 is 2.53 bits per heavy atom. The fraction of sp³-hybridized carbons (Fsp3) is 0.217. The van der Waals surface area contributed by atoms with Gasteiger partial charge in [-0.3, -0.25) is 4.68 Å². The molecular formula is C23H15ClF5N3NaO2S. The number of hydrogen-bond acceptors (Lipinski definition) is 3. The van der Waals surface area contributed by atoms with Gasteiger partial charge in [0.15, 0.2) is 11.6 Å². The van der Waals surface area contributed by atoms with Crippen LogP contribution in [0.3, 0.4) is 0 Å². The van der Waals surface area contributed by atoms with Crippen molar-refractivity contribution in [2.75, 3.05) is 0 Å². The molecule has 2 aromatic carbocycles. The predicted molar refractivity (Wildman–Crippen MR) is 125 cm³/mol. The van der Waals surface area contributed by atoms with Crippen LogP contribution in [0.2, 0.25) is 5.02 Å². The summed E-state index contributed by atoms with van der Waals surface area (Å²) in [6, 6.07) is 6.87. The molecule has 1 radical (unpaired) electrons. The van der Waals surface area contributed by atoms with Crippen LogP contribution >= 0.6 is 23.4 Å². The second-order valence-corrected chi connectivity index (χ2v) is 9.58. The zero-order valence-corrected chi connectivity index (χ0v) is 22.2. The number of carboxylic acids is 1. The van der Waals surface area contributed by atoms with Crippen LogP contribution in [0.15, 0.2) is 52.5 Å². The molecule has 4 aromatic rings. The summed E-state index contributed by atoms with van der Waals surface area (Å²) in [5.74, 6) is -3.19. The summed E-state index contributed by atoms with van der Waals surface area (Å²) < 4.78 is 71.2. The van der Waals surface area contributed by atoms with E-state index in [1.807, 2.05) is 0 Å². The van der Waals surface area contributed by atoms with Gasteiger partial charge < -0.3 is 9.67 Å². The minimum Gasteiger partial charge on any atom is -0.478 e. The smallest absolute Gasteiger partial charge is 0.408 e. The second kappa shape index (κ2) is 10.0. The number of halogens is 6. The van der Waals surface area contributed by atoms with E-state index in [1.165, 1.54) is 35.2 Å². The molecule has 5 nitrogen and oxygen atoms in total. The van der Waals surface area contributed by atoms with E-state index < -0.39 is 35.9 Å². The molecular weight excluding hydrogens is 536 g/mol. The maximum Gasteiger partial charge on any atom is 0.408 e. The standard InChI is InChI=1S/C23H15ClF5N3O2S.Na/c24-15-7-6-14-20(18(15)26)32(12-8-30-31(9-12)10-23(27,28)29)19(11-4-5-11)21(14)35-16-3-1-2-13(17(16)25)22(33)34;/h1-3,6-9,11H,4-5,10H2,(H,33,34);. The van der Waals surface area contributed by atoms with Gasteiger partial charge in [0.25, 0.3) is 0 Å². The predicted octanol–water partition coefficient (Wildman–Crippen LogP) is 6.67. The van der Waals surface area contributed by atoms with Gasteiger partial charge in [-0.25, -0.2) is 13.6 Å². The molecule has 0 amide bonds. The first-order chi connectivity index (χ1) is 16.5. The Bertz CT molecular complexity index is 1480. The Morgan fingerprint density at radius 1 is 1.17 bits per heavy atom. The number of alkyl halides is 3. The summed E-state index contributed by atoms with van der Waals surface area (Å²) in [6.07, 6.45) is -0.637. The molecule has 0 atom stereocenters. The summed E-state index contributed by atoms with van der Waals surface area (Å²) in [5.41, 5.74) is 0.310. The largest absolute Gasteiger partial charge is 0.478 e. The fourth-order valence-electron chi connectivity index (χ4n) is 4.00. The van der Waals surface area contributed by atoms with Crippen LogP contribution in [0, 0.1) is 11.6 Å². The van der Waals surface area contributed by atoms with Gasteiger partial charge in [-0.1, -0.05) is 29.4 Å². The molecule has 13 heteroatoms. The molecule has 0 unspecified atom stereocenters. The maximum atomic E-state index is 15.4. The average Bonchev–Trinajstić information content (AvgIpc) is 3.43. The summed E-state index contributed by atoms with van der Waals surface area (Å²) in [7, 11) is 0. The van der Waals surface area contributed by atoms with Crippen LogP contribution in [-0.2, 0) is 6.54 Å². The minimum absolute atomic E-state index is 0. The van der Waals surface area contributed by atoms with Crippen LogP contribution in [0.5, 0.6) is 0 Å².